The van der Waals surface area contributed by atoms with Crippen LogP contribution in [0.15, 0.2) is 43.0 Å². The minimum atomic E-state index is 0.121. The van der Waals surface area contributed by atoms with E-state index in [1.807, 2.05) is 0 Å². The van der Waals surface area contributed by atoms with Gasteiger partial charge in [-0.3, -0.25) is 9.69 Å². The number of benzene rings is 1. The molecular formula is C18H27N3O. The van der Waals surface area contributed by atoms with Crippen molar-refractivity contribution in [3.63, 3.8) is 0 Å². The van der Waals surface area contributed by atoms with E-state index in [0.29, 0.717) is 6.42 Å². The summed E-state index contributed by atoms with van der Waals surface area (Å²) in [4.78, 5) is 16.6. The summed E-state index contributed by atoms with van der Waals surface area (Å²) >= 11 is 0. The molecule has 0 spiro atoms. The third kappa shape index (κ3) is 5.19. The van der Waals surface area contributed by atoms with E-state index in [1.165, 1.54) is 5.69 Å². The number of para-hydroxylation sites is 1. The molecule has 2 rings (SSSR count). The van der Waals surface area contributed by atoms with Gasteiger partial charge in [0.25, 0.3) is 0 Å². The Bertz CT molecular complexity index is 466. The predicted octanol–water partition coefficient (Wildman–Crippen LogP) is 2.28. The molecule has 22 heavy (non-hydrogen) atoms. The number of allylic oxidation sites excluding steroid dienone is 1. The lowest BCUT2D eigenvalue weighted by atomic mass is 10.2. The SMILES string of the molecule is C=CCCC(=O)N[C@H](C)CN1CCN(c2ccccc2)CC1. The molecule has 0 aromatic heterocycles. The maximum absolute atomic E-state index is 11.7. The van der Waals surface area contributed by atoms with Gasteiger partial charge in [-0.25, -0.2) is 0 Å². The third-order valence-corrected chi connectivity index (χ3v) is 4.01. The lowest BCUT2D eigenvalue weighted by Crippen LogP contribution is -2.50. The smallest absolute Gasteiger partial charge is 0.220 e. The van der Waals surface area contributed by atoms with Gasteiger partial charge in [0.1, 0.15) is 0 Å². The number of hydrogen-bond donors (Lipinski definition) is 1. The summed E-state index contributed by atoms with van der Waals surface area (Å²) in [5.74, 6) is 0.121. The van der Waals surface area contributed by atoms with Crippen LogP contribution >= 0.6 is 0 Å². The molecule has 1 heterocycles. The fourth-order valence-corrected chi connectivity index (χ4v) is 2.84. The lowest BCUT2D eigenvalue weighted by Gasteiger charge is -2.37. The Kier molecular flexibility index (Phi) is 6.46. The molecule has 0 bridgehead atoms. The standard InChI is InChI=1S/C18H27N3O/c1-3-4-10-18(22)19-16(2)15-20-11-13-21(14-12-20)17-8-6-5-7-9-17/h3,5-9,16H,1,4,10-15H2,2H3,(H,19,22)/t16-/m1/s1. The second-order valence-corrected chi connectivity index (χ2v) is 5.92. The number of amides is 1. The van der Waals surface area contributed by atoms with Crippen LogP contribution in [-0.4, -0.2) is 49.6 Å². The molecule has 4 heteroatoms. The first-order valence-corrected chi connectivity index (χ1v) is 8.11. The highest BCUT2D eigenvalue weighted by molar-refractivity contribution is 5.76. The van der Waals surface area contributed by atoms with Crippen LogP contribution in [0, 0.1) is 0 Å². The van der Waals surface area contributed by atoms with Crippen molar-refractivity contribution in [3.05, 3.63) is 43.0 Å². The van der Waals surface area contributed by atoms with Gasteiger partial charge >= 0.3 is 0 Å². The van der Waals surface area contributed by atoms with E-state index in [0.717, 1.165) is 39.1 Å². The van der Waals surface area contributed by atoms with Crippen molar-refractivity contribution in [3.8, 4) is 0 Å². The lowest BCUT2D eigenvalue weighted by molar-refractivity contribution is -0.121. The van der Waals surface area contributed by atoms with Crippen LogP contribution in [0.2, 0.25) is 0 Å². The molecule has 120 valence electrons. The van der Waals surface area contributed by atoms with E-state index in [4.69, 9.17) is 0 Å². The number of rotatable bonds is 7. The second kappa shape index (κ2) is 8.59. The summed E-state index contributed by atoms with van der Waals surface area (Å²) in [6.07, 6.45) is 3.07. The van der Waals surface area contributed by atoms with Crippen LogP contribution in [0.1, 0.15) is 19.8 Å². The van der Waals surface area contributed by atoms with Crippen LogP contribution in [0.25, 0.3) is 0 Å². The molecule has 0 saturated carbocycles. The summed E-state index contributed by atoms with van der Waals surface area (Å²) in [5, 5.41) is 3.06. The number of carbonyl (C=O) groups is 1. The maximum Gasteiger partial charge on any atom is 0.220 e. The van der Waals surface area contributed by atoms with Crippen molar-refractivity contribution < 1.29 is 4.79 Å². The van der Waals surface area contributed by atoms with Gasteiger partial charge in [0.05, 0.1) is 0 Å². The van der Waals surface area contributed by atoms with Crippen LogP contribution in [-0.2, 0) is 4.79 Å². The first kappa shape index (κ1) is 16.6. The maximum atomic E-state index is 11.7. The zero-order chi connectivity index (χ0) is 15.8. The Labute approximate surface area is 133 Å². The quantitative estimate of drug-likeness (QED) is 0.785. The first-order valence-electron chi connectivity index (χ1n) is 8.11. The van der Waals surface area contributed by atoms with Crippen molar-refractivity contribution in [2.24, 2.45) is 0 Å². The monoisotopic (exact) mass is 301 g/mol. The summed E-state index contributed by atoms with van der Waals surface area (Å²) in [7, 11) is 0. The van der Waals surface area contributed by atoms with Gasteiger partial charge in [0, 0.05) is 50.9 Å². The fourth-order valence-electron chi connectivity index (χ4n) is 2.84. The Morgan fingerprint density at radius 2 is 1.95 bits per heavy atom. The molecular weight excluding hydrogens is 274 g/mol. The Morgan fingerprint density at radius 3 is 2.59 bits per heavy atom. The van der Waals surface area contributed by atoms with Gasteiger partial charge in [-0.1, -0.05) is 24.3 Å². The molecule has 1 N–H and O–H groups in total. The van der Waals surface area contributed by atoms with E-state index in [2.05, 4.69) is 59.0 Å². The highest BCUT2D eigenvalue weighted by Gasteiger charge is 2.19. The van der Waals surface area contributed by atoms with Crippen LogP contribution in [0.5, 0.6) is 0 Å². The second-order valence-electron chi connectivity index (χ2n) is 5.92. The van der Waals surface area contributed by atoms with E-state index in [-0.39, 0.29) is 11.9 Å². The predicted molar refractivity (Wildman–Crippen MR) is 92.1 cm³/mol. The molecule has 0 unspecified atom stereocenters. The molecule has 1 aliphatic rings. The van der Waals surface area contributed by atoms with Crippen molar-refractivity contribution >= 4 is 11.6 Å². The van der Waals surface area contributed by atoms with Crippen molar-refractivity contribution in [2.75, 3.05) is 37.6 Å². The van der Waals surface area contributed by atoms with Crippen LogP contribution in [0.4, 0.5) is 5.69 Å². The van der Waals surface area contributed by atoms with Gasteiger partial charge < -0.3 is 10.2 Å². The number of nitrogens with one attached hydrogen (secondary N) is 1. The minimum Gasteiger partial charge on any atom is -0.369 e. The molecule has 0 aliphatic carbocycles. The van der Waals surface area contributed by atoms with Gasteiger partial charge in [-0.15, -0.1) is 6.58 Å². The average molecular weight is 301 g/mol. The molecule has 1 aromatic rings. The van der Waals surface area contributed by atoms with E-state index in [9.17, 15) is 4.79 Å². The highest BCUT2D eigenvalue weighted by atomic mass is 16.1. The summed E-state index contributed by atoms with van der Waals surface area (Å²) in [5.41, 5.74) is 1.30. The van der Waals surface area contributed by atoms with Crippen molar-refractivity contribution in [1.82, 2.24) is 10.2 Å². The Hall–Kier alpha value is -1.81. The number of anilines is 1. The average Bonchev–Trinajstić information content (AvgIpc) is 2.54. The van der Waals surface area contributed by atoms with E-state index < -0.39 is 0 Å². The summed E-state index contributed by atoms with van der Waals surface area (Å²) < 4.78 is 0. The minimum absolute atomic E-state index is 0.121. The summed E-state index contributed by atoms with van der Waals surface area (Å²) in [6.45, 7) is 10.8. The zero-order valence-electron chi connectivity index (χ0n) is 13.5. The van der Waals surface area contributed by atoms with Gasteiger partial charge in [0.15, 0.2) is 0 Å². The largest absolute Gasteiger partial charge is 0.369 e. The van der Waals surface area contributed by atoms with Gasteiger partial charge in [0.2, 0.25) is 5.91 Å². The fraction of sp³-hybridized carbons (Fsp3) is 0.500. The molecule has 0 radical (unpaired) electrons. The number of nitrogens with zero attached hydrogens (tertiary/aromatic N) is 2. The molecule has 1 fully saturated rings. The number of piperazine rings is 1. The highest BCUT2D eigenvalue weighted by Crippen LogP contribution is 2.15. The Balaban J connectivity index is 1.70. The number of hydrogen-bond acceptors (Lipinski definition) is 3. The first-order chi connectivity index (χ1) is 10.7. The Morgan fingerprint density at radius 1 is 1.27 bits per heavy atom. The van der Waals surface area contributed by atoms with Crippen LogP contribution in [0.3, 0.4) is 0 Å². The van der Waals surface area contributed by atoms with Crippen molar-refractivity contribution in [1.29, 1.82) is 0 Å². The van der Waals surface area contributed by atoms with Gasteiger partial charge in [-0.05, 0) is 25.5 Å². The van der Waals surface area contributed by atoms with E-state index >= 15 is 0 Å². The van der Waals surface area contributed by atoms with Gasteiger partial charge in [-0.2, -0.15) is 0 Å². The topological polar surface area (TPSA) is 35.6 Å². The van der Waals surface area contributed by atoms with Crippen molar-refractivity contribution in [2.45, 2.75) is 25.8 Å². The molecule has 1 aromatic carbocycles. The molecule has 4 nitrogen and oxygen atoms in total. The molecule has 1 amide bonds. The molecule has 1 saturated heterocycles. The normalized spacial score (nSPS) is 17.0. The van der Waals surface area contributed by atoms with E-state index in [1.54, 1.807) is 6.08 Å². The van der Waals surface area contributed by atoms with Crippen LogP contribution < -0.4 is 10.2 Å². The molecule has 1 aliphatic heterocycles. The third-order valence-electron chi connectivity index (χ3n) is 4.01. The zero-order valence-corrected chi connectivity index (χ0v) is 13.5. The molecule has 1 atom stereocenters. The summed E-state index contributed by atoms with van der Waals surface area (Å²) in [6, 6.07) is 10.7. The number of carbonyl (C=O) groups excluding carboxylic acids is 1.